The van der Waals surface area contributed by atoms with Gasteiger partial charge in [-0.1, -0.05) is 18.2 Å². The predicted octanol–water partition coefficient (Wildman–Crippen LogP) is 2.32. The summed E-state index contributed by atoms with van der Waals surface area (Å²) in [6.07, 6.45) is 7.25. The van der Waals surface area contributed by atoms with Gasteiger partial charge in [-0.3, -0.25) is 9.69 Å². The topological polar surface area (TPSA) is 41.4 Å². The second kappa shape index (κ2) is 6.77. The first-order chi connectivity index (χ1) is 11.8. The highest BCUT2D eigenvalue weighted by molar-refractivity contribution is 5.76. The van der Waals surface area contributed by atoms with Crippen LogP contribution in [0.2, 0.25) is 0 Å². The summed E-state index contributed by atoms with van der Waals surface area (Å²) in [5.74, 6) is 1.09. The fourth-order valence-corrected chi connectivity index (χ4v) is 3.30. The van der Waals surface area contributed by atoms with Crippen molar-refractivity contribution in [3.63, 3.8) is 0 Å². The first-order valence-corrected chi connectivity index (χ1v) is 8.87. The summed E-state index contributed by atoms with van der Waals surface area (Å²) in [7, 11) is 0. The maximum absolute atomic E-state index is 12.2. The van der Waals surface area contributed by atoms with Gasteiger partial charge in [-0.25, -0.2) is 4.68 Å². The van der Waals surface area contributed by atoms with Crippen molar-refractivity contribution in [2.75, 3.05) is 26.2 Å². The van der Waals surface area contributed by atoms with Crippen molar-refractivity contribution in [2.45, 2.75) is 25.8 Å². The van der Waals surface area contributed by atoms with E-state index in [0.29, 0.717) is 12.3 Å². The van der Waals surface area contributed by atoms with Crippen LogP contribution in [-0.4, -0.2) is 51.7 Å². The van der Waals surface area contributed by atoms with Gasteiger partial charge in [-0.15, -0.1) is 0 Å². The highest BCUT2D eigenvalue weighted by Gasteiger charge is 2.28. The molecule has 126 valence electrons. The Kier molecular flexibility index (Phi) is 4.34. The molecule has 24 heavy (non-hydrogen) atoms. The SMILES string of the molecule is O=C1CCN(Cc2cnn(-c3ccccc3)c2)CCN1CC1CC1. The number of carbonyl (C=O) groups excluding carboxylic acids is 1. The Morgan fingerprint density at radius 2 is 1.92 bits per heavy atom. The summed E-state index contributed by atoms with van der Waals surface area (Å²) in [5.41, 5.74) is 2.27. The summed E-state index contributed by atoms with van der Waals surface area (Å²) in [4.78, 5) is 16.7. The van der Waals surface area contributed by atoms with Crippen LogP contribution in [0, 0.1) is 5.92 Å². The van der Waals surface area contributed by atoms with Gasteiger partial charge in [0.05, 0.1) is 11.9 Å². The maximum atomic E-state index is 12.2. The molecule has 1 amide bonds. The molecule has 0 N–H and O–H groups in total. The fraction of sp³-hybridized carbons (Fsp3) is 0.474. The average Bonchev–Trinajstić information content (AvgIpc) is 3.34. The van der Waals surface area contributed by atoms with Crippen LogP contribution in [0.25, 0.3) is 5.69 Å². The number of benzene rings is 1. The van der Waals surface area contributed by atoms with Crippen molar-refractivity contribution < 1.29 is 4.79 Å². The van der Waals surface area contributed by atoms with Gasteiger partial charge >= 0.3 is 0 Å². The van der Waals surface area contributed by atoms with Gasteiger partial charge in [0.1, 0.15) is 0 Å². The molecule has 0 radical (unpaired) electrons. The number of amides is 1. The van der Waals surface area contributed by atoms with E-state index in [1.54, 1.807) is 0 Å². The molecule has 0 bridgehead atoms. The van der Waals surface area contributed by atoms with E-state index in [4.69, 9.17) is 0 Å². The average molecular weight is 324 g/mol. The van der Waals surface area contributed by atoms with Crippen LogP contribution >= 0.6 is 0 Å². The molecule has 1 aromatic heterocycles. The first kappa shape index (κ1) is 15.4. The van der Waals surface area contributed by atoms with E-state index in [1.165, 1.54) is 18.4 Å². The van der Waals surface area contributed by atoms with Crippen LogP contribution in [0.4, 0.5) is 0 Å². The zero-order valence-corrected chi connectivity index (χ0v) is 14.0. The van der Waals surface area contributed by atoms with E-state index in [0.717, 1.165) is 44.3 Å². The molecule has 2 heterocycles. The van der Waals surface area contributed by atoms with E-state index < -0.39 is 0 Å². The molecular formula is C19H24N4O. The van der Waals surface area contributed by atoms with Crippen molar-refractivity contribution in [2.24, 2.45) is 5.92 Å². The normalized spacial score (nSPS) is 19.5. The lowest BCUT2D eigenvalue weighted by Crippen LogP contribution is -2.34. The summed E-state index contributed by atoms with van der Waals surface area (Å²) < 4.78 is 1.91. The van der Waals surface area contributed by atoms with Crippen LogP contribution in [0.3, 0.4) is 0 Å². The second-order valence-corrected chi connectivity index (χ2v) is 6.94. The number of hydrogen-bond donors (Lipinski definition) is 0. The smallest absolute Gasteiger partial charge is 0.223 e. The van der Waals surface area contributed by atoms with Gasteiger partial charge in [-0.05, 0) is 30.9 Å². The molecule has 1 saturated heterocycles. The third kappa shape index (κ3) is 3.67. The van der Waals surface area contributed by atoms with E-state index in [-0.39, 0.29) is 0 Å². The molecule has 5 heteroatoms. The van der Waals surface area contributed by atoms with Crippen LogP contribution < -0.4 is 0 Å². The number of para-hydroxylation sites is 1. The van der Waals surface area contributed by atoms with Gasteiger partial charge in [0.15, 0.2) is 0 Å². The van der Waals surface area contributed by atoms with Crippen molar-refractivity contribution in [3.8, 4) is 5.69 Å². The van der Waals surface area contributed by atoms with Crippen molar-refractivity contribution in [3.05, 3.63) is 48.3 Å². The zero-order valence-electron chi connectivity index (χ0n) is 14.0. The third-order valence-electron chi connectivity index (χ3n) is 4.92. The Labute approximate surface area is 142 Å². The Morgan fingerprint density at radius 1 is 1.08 bits per heavy atom. The minimum atomic E-state index is 0.324. The van der Waals surface area contributed by atoms with E-state index in [1.807, 2.05) is 29.1 Å². The Balaban J connectivity index is 1.37. The number of aromatic nitrogens is 2. The second-order valence-electron chi connectivity index (χ2n) is 6.94. The minimum absolute atomic E-state index is 0.324. The maximum Gasteiger partial charge on any atom is 0.223 e. The van der Waals surface area contributed by atoms with Crippen molar-refractivity contribution >= 4 is 5.91 Å². The largest absolute Gasteiger partial charge is 0.341 e. The monoisotopic (exact) mass is 324 g/mol. The Bertz CT molecular complexity index is 692. The molecule has 0 spiro atoms. The lowest BCUT2D eigenvalue weighted by molar-refractivity contribution is -0.130. The molecule has 2 aromatic rings. The molecule has 1 saturated carbocycles. The van der Waals surface area contributed by atoms with Crippen LogP contribution in [0.5, 0.6) is 0 Å². The highest BCUT2D eigenvalue weighted by Crippen LogP contribution is 2.30. The molecule has 2 aliphatic rings. The van der Waals surface area contributed by atoms with Crippen LogP contribution in [-0.2, 0) is 11.3 Å². The van der Waals surface area contributed by atoms with Crippen LogP contribution in [0.1, 0.15) is 24.8 Å². The summed E-state index contributed by atoms with van der Waals surface area (Å²) in [6.45, 7) is 4.49. The lowest BCUT2D eigenvalue weighted by atomic mass is 10.3. The molecule has 4 rings (SSSR count). The third-order valence-corrected chi connectivity index (χ3v) is 4.92. The molecule has 0 unspecified atom stereocenters. The number of rotatable bonds is 5. The molecule has 1 aliphatic heterocycles. The Morgan fingerprint density at radius 3 is 2.71 bits per heavy atom. The fourth-order valence-electron chi connectivity index (χ4n) is 3.30. The van der Waals surface area contributed by atoms with Crippen LogP contribution in [0.15, 0.2) is 42.7 Å². The molecule has 2 fully saturated rings. The van der Waals surface area contributed by atoms with Gasteiger partial charge < -0.3 is 4.90 Å². The Hall–Kier alpha value is -2.14. The van der Waals surface area contributed by atoms with Gasteiger partial charge in [0, 0.05) is 50.9 Å². The first-order valence-electron chi connectivity index (χ1n) is 8.87. The number of nitrogens with zero attached hydrogens (tertiary/aromatic N) is 4. The molecule has 5 nitrogen and oxygen atoms in total. The highest BCUT2D eigenvalue weighted by atomic mass is 16.2. The lowest BCUT2D eigenvalue weighted by Gasteiger charge is -2.21. The summed E-state index contributed by atoms with van der Waals surface area (Å²) >= 11 is 0. The van der Waals surface area contributed by atoms with Crippen molar-refractivity contribution in [1.82, 2.24) is 19.6 Å². The number of carbonyl (C=O) groups is 1. The number of hydrogen-bond acceptors (Lipinski definition) is 3. The molecule has 1 aromatic carbocycles. The standard InChI is InChI=1S/C19H24N4O/c24-19-8-9-21(10-11-22(19)14-16-6-7-16)13-17-12-20-23(15-17)18-4-2-1-3-5-18/h1-5,12,15-16H,6-11,13-14H2. The van der Waals surface area contributed by atoms with Gasteiger partial charge in [0.2, 0.25) is 5.91 Å². The zero-order chi connectivity index (χ0) is 16.4. The van der Waals surface area contributed by atoms with E-state index >= 15 is 0 Å². The minimum Gasteiger partial charge on any atom is -0.341 e. The molecule has 0 atom stereocenters. The van der Waals surface area contributed by atoms with Gasteiger partial charge in [-0.2, -0.15) is 5.10 Å². The van der Waals surface area contributed by atoms with Gasteiger partial charge in [0.25, 0.3) is 0 Å². The predicted molar refractivity (Wildman–Crippen MR) is 92.8 cm³/mol. The summed E-state index contributed by atoms with van der Waals surface area (Å²) in [5, 5.41) is 4.47. The van der Waals surface area contributed by atoms with Crippen molar-refractivity contribution in [1.29, 1.82) is 0 Å². The van der Waals surface area contributed by atoms with E-state index in [2.05, 4.69) is 33.2 Å². The summed E-state index contributed by atoms with van der Waals surface area (Å²) in [6, 6.07) is 10.2. The molecule has 1 aliphatic carbocycles. The molecular weight excluding hydrogens is 300 g/mol. The van der Waals surface area contributed by atoms with E-state index in [9.17, 15) is 4.79 Å². The quantitative estimate of drug-likeness (QED) is 0.847.